The molecule has 2 aliphatic rings. The third kappa shape index (κ3) is 3.22. The van der Waals surface area contributed by atoms with E-state index in [2.05, 4.69) is 41.4 Å². The van der Waals surface area contributed by atoms with Gasteiger partial charge in [-0.15, -0.1) is 0 Å². The van der Waals surface area contributed by atoms with Crippen molar-refractivity contribution in [1.82, 2.24) is 10.2 Å². The summed E-state index contributed by atoms with van der Waals surface area (Å²) in [7, 11) is 0. The number of rotatable bonds is 4. The molecule has 3 heteroatoms. The van der Waals surface area contributed by atoms with Crippen LogP contribution in [0.25, 0.3) is 0 Å². The second kappa shape index (κ2) is 6.25. The van der Waals surface area contributed by atoms with Gasteiger partial charge in [-0.2, -0.15) is 0 Å². The smallest absolute Gasteiger partial charge is 0.0594 e. The molecule has 20 heavy (non-hydrogen) atoms. The van der Waals surface area contributed by atoms with Crippen LogP contribution < -0.4 is 5.32 Å². The van der Waals surface area contributed by atoms with E-state index in [4.69, 9.17) is 4.74 Å². The van der Waals surface area contributed by atoms with E-state index in [1.54, 1.807) is 0 Å². The summed E-state index contributed by atoms with van der Waals surface area (Å²) in [6.45, 7) is 8.57. The van der Waals surface area contributed by atoms with Crippen molar-refractivity contribution in [1.29, 1.82) is 0 Å². The Balaban J connectivity index is 1.55. The van der Waals surface area contributed by atoms with Crippen molar-refractivity contribution in [2.45, 2.75) is 31.7 Å². The highest BCUT2D eigenvalue weighted by Gasteiger charge is 2.29. The monoisotopic (exact) mass is 274 g/mol. The van der Waals surface area contributed by atoms with Crippen molar-refractivity contribution in [2.24, 2.45) is 0 Å². The summed E-state index contributed by atoms with van der Waals surface area (Å²) >= 11 is 0. The first-order valence-electron chi connectivity index (χ1n) is 7.91. The van der Waals surface area contributed by atoms with Gasteiger partial charge in [-0.1, -0.05) is 24.3 Å². The van der Waals surface area contributed by atoms with E-state index in [0.29, 0.717) is 0 Å². The molecule has 0 radical (unpaired) electrons. The predicted molar refractivity (Wildman–Crippen MR) is 82.0 cm³/mol. The Morgan fingerprint density at radius 2 is 1.95 bits per heavy atom. The first kappa shape index (κ1) is 14.1. The van der Waals surface area contributed by atoms with Gasteiger partial charge in [-0.3, -0.25) is 4.90 Å². The first-order valence-corrected chi connectivity index (χ1v) is 7.91. The molecule has 1 unspecified atom stereocenters. The van der Waals surface area contributed by atoms with Crippen LogP contribution in [0.2, 0.25) is 0 Å². The Morgan fingerprint density at radius 3 is 2.60 bits per heavy atom. The van der Waals surface area contributed by atoms with Crippen LogP contribution in [0, 0.1) is 0 Å². The summed E-state index contributed by atoms with van der Waals surface area (Å²) in [5, 5.41) is 3.63. The number of benzene rings is 1. The minimum absolute atomic E-state index is 0.197. The van der Waals surface area contributed by atoms with E-state index < -0.39 is 0 Å². The van der Waals surface area contributed by atoms with Crippen LogP contribution in [0.4, 0.5) is 0 Å². The minimum atomic E-state index is 0.197. The Labute approximate surface area is 122 Å². The number of nitrogens with one attached hydrogen (secondary N) is 1. The molecule has 2 heterocycles. The summed E-state index contributed by atoms with van der Waals surface area (Å²) in [6, 6.07) is 9.24. The number of hydrogen-bond acceptors (Lipinski definition) is 3. The molecule has 3 rings (SSSR count). The van der Waals surface area contributed by atoms with Crippen LogP contribution in [0.5, 0.6) is 0 Å². The molecule has 1 aromatic carbocycles. The maximum Gasteiger partial charge on any atom is 0.0594 e. The Morgan fingerprint density at radius 1 is 1.20 bits per heavy atom. The van der Waals surface area contributed by atoms with Crippen LogP contribution in [0.1, 0.15) is 30.9 Å². The van der Waals surface area contributed by atoms with Gasteiger partial charge >= 0.3 is 0 Å². The van der Waals surface area contributed by atoms with Crippen molar-refractivity contribution in [3.05, 3.63) is 35.4 Å². The third-order valence-electron chi connectivity index (χ3n) is 4.78. The van der Waals surface area contributed by atoms with Crippen LogP contribution in [-0.4, -0.2) is 44.3 Å². The lowest BCUT2D eigenvalue weighted by molar-refractivity contribution is 0.0384. The van der Waals surface area contributed by atoms with E-state index in [0.717, 1.165) is 45.8 Å². The molecule has 0 spiro atoms. The molecular weight excluding hydrogens is 248 g/mol. The van der Waals surface area contributed by atoms with Crippen molar-refractivity contribution in [3.8, 4) is 0 Å². The highest BCUT2D eigenvalue weighted by Crippen LogP contribution is 2.30. The van der Waals surface area contributed by atoms with E-state index in [9.17, 15) is 0 Å². The zero-order valence-corrected chi connectivity index (χ0v) is 12.5. The van der Waals surface area contributed by atoms with Crippen LogP contribution in [0.15, 0.2) is 24.3 Å². The highest BCUT2D eigenvalue weighted by molar-refractivity contribution is 5.29. The second-order valence-corrected chi connectivity index (χ2v) is 6.26. The molecule has 1 N–H and O–H groups in total. The fourth-order valence-corrected chi connectivity index (χ4v) is 3.29. The zero-order valence-electron chi connectivity index (χ0n) is 12.5. The zero-order chi connectivity index (χ0) is 13.8. The number of nitrogens with zero attached hydrogens (tertiary/aromatic N) is 1. The Bertz CT molecular complexity index is 417. The standard InChI is InChI=1S/C17H26N2O/c1-17(8-2-9-18-17)16-5-3-15(4-6-16)7-10-19-11-13-20-14-12-19/h3-6,18H,2,7-14H2,1H3. The van der Waals surface area contributed by atoms with Gasteiger partial charge in [-0.25, -0.2) is 0 Å². The van der Waals surface area contributed by atoms with E-state index >= 15 is 0 Å². The Hall–Kier alpha value is -0.900. The average Bonchev–Trinajstić information content (AvgIpc) is 2.95. The van der Waals surface area contributed by atoms with Gasteiger partial charge < -0.3 is 10.1 Å². The van der Waals surface area contributed by atoms with Gasteiger partial charge in [0.1, 0.15) is 0 Å². The Kier molecular flexibility index (Phi) is 4.39. The summed E-state index contributed by atoms with van der Waals surface area (Å²) in [4.78, 5) is 2.50. The van der Waals surface area contributed by atoms with Crippen molar-refractivity contribution in [2.75, 3.05) is 39.4 Å². The highest BCUT2D eigenvalue weighted by atomic mass is 16.5. The largest absolute Gasteiger partial charge is 0.379 e. The molecular formula is C17H26N2O. The lowest BCUT2D eigenvalue weighted by atomic mass is 9.90. The number of morpholine rings is 1. The van der Waals surface area contributed by atoms with Crippen LogP contribution >= 0.6 is 0 Å². The fraction of sp³-hybridized carbons (Fsp3) is 0.647. The molecule has 0 aliphatic carbocycles. The van der Waals surface area contributed by atoms with Gasteiger partial charge in [0.25, 0.3) is 0 Å². The fourth-order valence-electron chi connectivity index (χ4n) is 3.29. The minimum Gasteiger partial charge on any atom is -0.379 e. The first-order chi connectivity index (χ1) is 9.76. The van der Waals surface area contributed by atoms with Gasteiger partial charge in [0.15, 0.2) is 0 Å². The molecule has 2 fully saturated rings. The van der Waals surface area contributed by atoms with E-state index in [1.165, 1.54) is 24.0 Å². The van der Waals surface area contributed by atoms with Gasteiger partial charge in [-0.05, 0) is 43.9 Å². The molecule has 2 saturated heterocycles. The summed E-state index contributed by atoms with van der Waals surface area (Å²) in [5.41, 5.74) is 3.08. The summed E-state index contributed by atoms with van der Waals surface area (Å²) in [6.07, 6.45) is 3.68. The molecule has 2 aliphatic heterocycles. The van der Waals surface area contributed by atoms with E-state index in [1.807, 2.05) is 0 Å². The molecule has 0 bridgehead atoms. The lowest BCUT2D eigenvalue weighted by Crippen LogP contribution is -2.37. The van der Waals surface area contributed by atoms with E-state index in [-0.39, 0.29) is 5.54 Å². The number of ether oxygens (including phenoxy) is 1. The van der Waals surface area contributed by atoms with Gasteiger partial charge in [0.2, 0.25) is 0 Å². The number of hydrogen-bond donors (Lipinski definition) is 1. The van der Waals surface area contributed by atoms with Gasteiger partial charge in [0, 0.05) is 25.2 Å². The molecule has 1 atom stereocenters. The molecule has 0 amide bonds. The lowest BCUT2D eigenvalue weighted by Gasteiger charge is -2.27. The molecule has 0 aromatic heterocycles. The molecule has 0 saturated carbocycles. The summed E-state index contributed by atoms with van der Waals surface area (Å²) in [5.74, 6) is 0. The quantitative estimate of drug-likeness (QED) is 0.910. The van der Waals surface area contributed by atoms with Crippen molar-refractivity contribution in [3.63, 3.8) is 0 Å². The molecule has 3 nitrogen and oxygen atoms in total. The predicted octanol–water partition coefficient (Wildman–Crippen LogP) is 2.16. The second-order valence-electron chi connectivity index (χ2n) is 6.26. The average molecular weight is 274 g/mol. The normalized spacial score (nSPS) is 27.9. The van der Waals surface area contributed by atoms with Crippen LogP contribution in [0.3, 0.4) is 0 Å². The maximum atomic E-state index is 5.39. The van der Waals surface area contributed by atoms with Crippen molar-refractivity contribution >= 4 is 0 Å². The molecule has 1 aromatic rings. The summed E-state index contributed by atoms with van der Waals surface area (Å²) < 4.78 is 5.39. The molecule has 110 valence electrons. The van der Waals surface area contributed by atoms with Crippen LogP contribution in [-0.2, 0) is 16.7 Å². The maximum absolute atomic E-state index is 5.39. The third-order valence-corrected chi connectivity index (χ3v) is 4.78. The SMILES string of the molecule is CC1(c2ccc(CCN3CCOCC3)cc2)CCCN1. The van der Waals surface area contributed by atoms with Gasteiger partial charge in [0.05, 0.1) is 13.2 Å². The topological polar surface area (TPSA) is 24.5 Å². The van der Waals surface area contributed by atoms with Crippen molar-refractivity contribution < 1.29 is 4.74 Å².